The van der Waals surface area contributed by atoms with E-state index < -0.39 is 5.97 Å². The Labute approximate surface area is 116 Å². The van der Waals surface area contributed by atoms with Crippen molar-refractivity contribution >= 4 is 17.6 Å². The number of aromatic carboxylic acids is 1. The molecule has 5 nitrogen and oxygen atoms in total. The molecule has 0 spiro atoms. The van der Waals surface area contributed by atoms with E-state index in [0.29, 0.717) is 16.9 Å². The Morgan fingerprint density at radius 3 is 2.40 bits per heavy atom. The highest BCUT2D eigenvalue weighted by atomic mass is 16.4. The largest absolute Gasteiger partial charge is 0.478 e. The van der Waals surface area contributed by atoms with Crippen LogP contribution >= 0.6 is 0 Å². The highest BCUT2D eigenvalue weighted by Gasteiger charge is 2.13. The number of hydrogen-bond donors (Lipinski definition) is 2. The molecule has 2 aromatic rings. The molecule has 20 heavy (non-hydrogen) atoms. The fraction of sp³-hybridized carbons (Fsp3) is 0.200. The molecule has 2 rings (SSSR count). The molecule has 2 N–H and O–H groups in total. The maximum absolute atomic E-state index is 12.1. The lowest BCUT2D eigenvalue weighted by molar-refractivity contribution is 0.0695. The van der Waals surface area contributed by atoms with Crippen molar-refractivity contribution in [3.05, 3.63) is 52.8 Å². The Morgan fingerprint density at radius 1 is 1.15 bits per heavy atom. The summed E-state index contributed by atoms with van der Waals surface area (Å²) in [7, 11) is 1.81. The van der Waals surface area contributed by atoms with Crippen LogP contribution in [0.5, 0.6) is 0 Å². The van der Waals surface area contributed by atoms with Gasteiger partial charge in [0.25, 0.3) is 5.91 Å². The van der Waals surface area contributed by atoms with Gasteiger partial charge in [0.05, 0.1) is 5.56 Å². The van der Waals surface area contributed by atoms with Crippen molar-refractivity contribution in [3.63, 3.8) is 0 Å². The van der Waals surface area contributed by atoms with Crippen LogP contribution in [0.1, 0.15) is 32.1 Å². The summed E-state index contributed by atoms with van der Waals surface area (Å²) >= 11 is 0. The van der Waals surface area contributed by atoms with Gasteiger partial charge in [0, 0.05) is 18.4 Å². The summed E-state index contributed by atoms with van der Waals surface area (Å²) in [5, 5.41) is 11.8. The number of carboxylic acids is 1. The normalized spacial score (nSPS) is 10.3. The van der Waals surface area contributed by atoms with Gasteiger partial charge in [-0.25, -0.2) is 4.79 Å². The fourth-order valence-corrected chi connectivity index (χ4v) is 1.97. The lowest BCUT2D eigenvalue weighted by atomic mass is 10.1. The van der Waals surface area contributed by atoms with E-state index in [1.165, 1.54) is 6.07 Å². The van der Waals surface area contributed by atoms with Crippen molar-refractivity contribution in [2.45, 2.75) is 13.8 Å². The van der Waals surface area contributed by atoms with Gasteiger partial charge in [-0.3, -0.25) is 4.79 Å². The molecule has 0 aliphatic rings. The maximum Gasteiger partial charge on any atom is 0.336 e. The predicted molar refractivity (Wildman–Crippen MR) is 76.2 cm³/mol. The lowest BCUT2D eigenvalue weighted by Gasteiger charge is -2.09. The topological polar surface area (TPSA) is 71.3 Å². The minimum Gasteiger partial charge on any atom is -0.478 e. The molecule has 0 aliphatic heterocycles. The molecule has 0 aliphatic carbocycles. The van der Waals surface area contributed by atoms with Crippen LogP contribution in [-0.4, -0.2) is 21.6 Å². The number of nitrogens with zero attached hydrogens (tertiary/aromatic N) is 1. The molecule has 1 heterocycles. The number of carbonyl (C=O) groups is 2. The quantitative estimate of drug-likeness (QED) is 0.902. The molecule has 1 aromatic heterocycles. The SMILES string of the molecule is Cc1ccc(NC(=O)c2ccc(C)n2C)cc1C(=O)O. The van der Waals surface area contributed by atoms with Gasteiger partial charge < -0.3 is 15.0 Å². The van der Waals surface area contributed by atoms with Crippen LogP contribution in [0.4, 0.5) is 5.69 Å². The van der Waals surface area contributed by atoms with E-state index >= 15 is 0 Å². The number of benzene rings is 1. The van der Waals surface area contributed by atoms with Gasteiger partial charge in [0.2, 0.25) is 0 Å². The zero-order valence-corrected chi connectivity index (χ0v) is 11.6. The number of anilines is 1. The average Bonchev–Trinajstić information content (AvgIpc) is 2.72. The highest BCUT2D eigenvalue weighted by Crippen LogP contribution is 2.17. The van der Waals surface area contributed by atoms with Gasteiger partial charge in [-0.1, -0.05) is 6.07 Å². The molecular weight excluding hydrogens is 256 g/mol. The van der Waals surface area contributed by atoms with Gasteiger partial charge in [-0.05, 0) is 43.7 Å². The second-order valence-corrected chi connectivity index (χ2v) is 4.71. The van der Waals surface area contributed by atoms with E-state index in [4.69, 9.17) is 5.11 Å². The number of aryl methyl sites for hydroxylation is 2. The first-order valence-corrected chi connectivity index (χ1v) is 6.17. The molecule has 0 fully saturated rings. The molecule has 1 aromatic carbocycles. The third-order valence-electron chi connectivity index (χ3n) is 3.33. The molecule has 0 saturated carbocycles. The maximum atomic E-state index is 12.1. The van der Waals surface area contributed by atoms with Crippen molar-refractivity contribution in [2.75, 3.05) is 5.32 Å². The zero-order chi connectivity index (χ0) is 14.9. The van der Waals surface area contributed by atoms with Crippen molar-refractivity contribution < 1.29 is 14.7 Å². The number of carbonyl (C=O) groups excluding carboxylic acids is 1. The van der Waals surface area contributed by atoms with Crippen molar-refractivity contribution in [3.8, 4) is 0 Å². The van der Waals surface area contributed by atoms with E-state index in [-0.39, 0.29) is 11.5 Å². The third-order valence-corrected chi connectivity index (χ3v) is 3.33. The average molecular weight is 272 g/mol. The van der Waals surface area contributed by atoms with Crippen LogP contribution in [0.15, 0.2) is 30.3 Å². The van der Waals surface area contributed by atoms with Crippen LogP contribution in [0.3, 0.4) is 0 Å². The lowest BCUT2D eigenvalue weighted by Crippen LogP contribution is -2.16. The number of aromatic nitrogens is 1. The Morgan fingerprint density at radius 2 is 1.85 bits per heavy atom. The smallest absolute Gasteiger partial charge is 0.336 e. The van der Waals surface area contributed by atoms with E-state index in [0.717, 1.165) is 5.69 Å². The van der Waals surface area contributed by atoms with Gasteiger partial charge in [0.1, 0.15) is 5.69 Å². The molecule has 104 valence electrons. The van der Waals surface area contributed by atoms with Gasteiger partial charge in [-0.15, -0.1) is 0 Å². The van der Waals surface area contributed by atoms with Crippen molar-refractivity contribution in [2.24, 2.45) is 7.05 Å². The van der Waals surface area contributed by atoms with Crippen LogP contribution in [0.25, 0.3) is 0 Å². The number of hydrogen-bond acceptors (Lipinski definition) is 2. The number of rotatable bonds is 3. The fourth-order valence-electron chi connectivity index (χ4n) is 1.97. The summed E-state index contributed by atoms with van der Waals surface area (Å²) in [6, 6.07) is 8.42. The summed E-state index contributed by atoms with van der Waals surface area (Å²) < 4.78 is 1.78. The van der Waals surface area contributed by atoms with Crippen LogP contribution in [0.2, 0.25) is 0 Å². The number of carboxylic acid groups (broad SMARTS) is 1. The Hall–Kier alpha value is -2.56. The van der Waals surface area contributed by atoms with Crippen LogP contribution in [-0.2, 0) is 7.05 Å². The van der Waals surface area contributed by atoms with E-state index in [1.807, 2.05) is 20.0 Å². The molecule has 0 radical (unpaired) electrons. The molecule has 0 saturated heterocycles. The molecular formula is C15H16N2O3. The van der Waals surface area contributed by atoms with E-state index in [2.05, 4.69) is 5.32 Å². The van der Waals surface area contributed by atoms with Crippen LogP contribution in [0, 0.1) is 13.8 Å². The Kier molecular flexibility index (Phi) is 3.61. The minimum atomic E-state index is -1.01. The van der Waals surface area contributed by atoms with E-state index in [1.54, 1.807) is 29.7 Å². The monoisotopic (exact) mass is 272 g/mol. The summed E-state index contributed by atoms with van der Waals surface area (Å²) in [6.45, 7) is 3.63. The zero-order valence-electron chi connectivity index (χ0n) is 11.6. The van der Waals surface area contributed by atoms with E-state index in [9.17, 15) is 9.59 Å². The van der Waals surface area contributed by atoms with Crippen molar-refractivity contribution in [1.29, 1.82) is 0 Å². The molecule has 0 bridgehead atoms. The number of nitrogens with one attached hydrogen (secondary N) is 1. The molecule has 0 unspecified atom stereocenters. The first-order valence-electron chi connectivity index (χ1n) is 6.17. The van der Waals surface area contributed by atoms with Gasteiger partial charge in [0.15, 0.2) is 0 Å². The summed E-state index contributed by atoms with van der Waals surface area (Å²) in [4.78, 5) is 23.2. The molecule has 5 heteroatoms. The first kappa shape index (κ1) is 13.9. The molecule has 1 amide bonds. The standard InChI is InChI=1S/C15H16N2O3/c1-9-4-6-11(8-12(9)15(19)20)16-14(18)13-7-5-10(2)17(13)3/h4-8H,1-3H3,(H,16,18)(H,19,20). The second-order valence-electron chi connectivity index (χ2n) is 4.71. The first-order chi connectivity index (χ1) is 9.40. The summed E-state index contributed by atoms with van der Waals surface area (Å²) in [6.07, 6.45) is 0. The van der Waals surface area contributed by atoms with Gasteiger partial charge >= 0.3 is 5.97 Å². The van der Waals surface area contributed by atoms with Crippen molar-refractivity contribution in [1.82, 2.24) is 4.57 Å². The highest BCUT2D eigenvalue weighted by molar-refractivity contribution is 6.04. The Balaban J connectivity index is 2.26. The second kappa shape index (κ2) is 5.21. The summed E-state index contributed by atoms with van der Waals surface area (Å²) in [5.41, 5.74) is 2.82. The van der Waals surface area contributed by atoms with Crippen LogP contribution < -0.4 is 5.32 Å². The van der Waals surface area contributed by atoms with Gasteiger partial charge in [-0.2, -0.15) is 0 Å². The number of amides is 1. The molecule has 0 atom stereocenters. The Bertz CT molecular complexity index is 686. The summed E-state index contributed by atoms with van der Waals surface area (Å²) in [5.74, 6) is -1.27. The minimum absolute atomic E-state index is 0.186. The third kappa shape index (κ3) is 2.56. The predicted octanol–water partition coefficient (Wildman–Crippen LogP) is 2.59.